The molecule has 0 saturated carbocycles. The quantitative estimate of drug-likeness (QED) is 0.590. The fraction of sp³-hybridized carbons (Fsp3) is 0.263. The lowest BCUT2D eigenvalue weighted by atomic mass is 9.89. The number of benzene rings is 2. The number of carbonyl (C=O) groups is 2. The highest BCUT2D eigenvalue weighted by Gasteiger charge is 2.36. The molecular weight excluding hydrogens is 336 g/mol. The van der Waals surface area contributed by atoms with Crippen molar-refractivity contribution in [1.82, 2.24) is 4.90 Å². The van der Waals surface area contributed by atoms with E-state index in [2.05, 4.69) is 0 Å². The molecule has 3 rings (SSSR count). The zero-order valence-corrected chi connectivity index (χ0v) is 14.5. The molecule has 1 heterocycles. The van der Waals surface area contributed by atoms with Gasteiger partial charge in [-0.25, -0.2) is 4.39 Å². The topological polar surface area (TPSA) is 55.8 Å². The molecule has 0 bridgehead atoms. The Morgan fingerprint density at radius 1 is 1.04 bits per heavy atom. The molecule has 2 aromatic carbocycles. The maximum atomic E-state index is 15.0. The minimum Gasteiger partial charge on any atom is -0.490 e. The van der Waals surface area contributed by atoms with Crippen LogP contribution in [0.3, 0.4) is 0 Å². The van der Waals surface area contributed by atoms with E-state index in [0.29, 0.717) is 17.7 Å². The fourth-order valence-electron chi connectivity index (χ4n) is 2.91. The molecule has 0 aliphatic carbocycles. The van der Waals surface area contributed by atoms with Crippen LogP contribution in [0.25, 0.3) is 0 Å². The van der Waals surface area contributed by atoms with Gasteiger partial charge in [-0.05, 0) is 32.0 Å². The first-order valence-electron chi connectivity index (χ1n) is 8.31. The van der Waals surface area contributed by atoms with Crippen LogP contribution in [0.5, 0.6) is 11.5 Å². The van der Waals surface area contributed by atoms with Gasteiger partial charge in [-0.15, -0.1) is 0 Å². The van der Waals surface area contributed by atoms with E-state index >= 15 is 4.39 Å². The predicted octanol–water partition coefficient (Wildman–Crippen LogP) is 2.21. The smallest absolute Gasteiger partial charge is 0.261 e. The minimum atomic E-state index is -0.730. The summed E-state index contributed by atoms with van der Waals surface area (Å²) in [6.45, 7) is 3.74. The number of rotatable bonds is 6. The molecule has 0 atom stereocenters. The summed E-state index contributed by atoms with van der Waals surface area (Å²) in [5.41, 5.74) is 0.706. The van der Waals surface area contributed by atoms with Gasteiger partial charge in [0.2, 0.25) is 0 Å². The van der Waals surface area contributed by atoms with Gasteiger partial charge in [0, 0.05) is 5.56 Å². The Morgan fingerprint density at radius 2 is 1.62 bits per heavy atom. The van der Waals surface area contributed by atoms with Crippen molar-refractivity contribution in [3.63, 3.8) is 0 Å². The molecule has 2 aromatic rings. The van der Waals surface area contributed by atoms with Gasteiger partial charge in [0.15, 0.2) is 17.3 Å². The summed E-state index contributed by atoms with van der Waals surface area (Å²) in [7, 11) is 5.97. The molecule has 0 fully saturated rings. The standard InChI is InChI=1S/C19H17BFNO4/c1-3-25-15-9-14(20)13(16(21)17(15)26-4-2)10-22-18(23)11-7-5-6-8-12(11)19(22)24/h5-9H,3-4,10H2,1-2H3. The van der Waals surface area contributed by atoms with Gasteiger partial charge < -0.3 is 9.47 Å². The van der Waals surface area contributed by atoms with Crippen molar-refractivity contribution in [2.75, 3.05) is 13.2 Å². The molecule has 5 nitrogen and oxygen atoms in total. The summed E-state index contributed by atoms with van der Waals surface area (Å²) < 4.78 is 25.7. The molecule has 0 N–H and O–H groups in total. The van der Waals surface area contributed by atoms with Crippen molar-refractivity contribution in [2.45, 2.75) is 20.4 Å². The second-order valence-electron chi connectivity index (χ2n) is 5.69. The lowest BCUT2D eigenvalue weighted by Crippen LogP contribution is -2.32. The summed E-state index contributed by atoms with van der Waals surface area (Å²) in [6, 6.07) is 7.93. The Morgan fingerprint density at radius 3 is 2.15 bits per heavy atom. The summed E-state index contributed by atoms with van der Waals surface area (Å²) in [4.78, 5) is 26.0. The molecule has 0 aromatic heterocycles. The number of ether oxygens (including phenoxy) is 2. The van der Waals surface area contributed by atoms with E-state index < -0.39 is 17.6 Å². The van der Waals surface area contributed by atoms with Gasteiger partial charge in [0.05, 0.1) is 30.9 Å². The first-order chi connectivity index (χ1) is 12.5. The number of hydrogen-bond donors (Lipinski definition) is 0. The van der Waals surface area contributed by atoms with Gasteiger partial charge in [0.25, 0.3) is 11.8 Å². The minimum absolute atomic E-state index is 0.0198. The Labute approximate surface area is 152 Å². The van der Waals surface area contributed by atoms with E-state index in [1.807, 2.05) is 0 Å². The van der Waals surface area contributed by atoms with Crippen molar-refractivity contribution >= 4 is 25.1 Å². The average Bonchev–Trinajstić information content (AvgIpc) is 2.87. The second-order valence-corrected chi connectivity index (χ2v) is 5.69. The summed E-state index contributed by atoms with van der Waals surface area (Å²) >= 11 is 0. The third-order valence-corrected chi connectivity index (χ3v) is 4.11. The van der Waals surface area contributed by atoms with E-state index in [-0.39, 0.29) is 35.7 Å². The first kappa shape index (κ1) is 18.0. The van der Waals surface area contributed by atoms with E-state index in [0.717, 1.165) is 4.90 Å². The monoisotopic (exact) mass is 353 g/mol. The molecule has 0 unspecified atom stereocenters. The number of hydrogen-bond acceptors (Lipinski definition) is 4. The van der Waals surface area contributed by atoms with Crippen LogP contribution in [0.2, 0.25) is 0 Å². The highest BCUT2D eigenvalue weighted by Crippen LogP contribution is 2.33. The van der Waals surface area contributed by atoms with Crippen LogP contribution >= 0.6 is 0 Å². The summed E-state index contributed by atoms with van der Waals surface area (Å²) in [5, 5.41) is 0. The van der Waals surface area contributed by atoms with Gasteiger partial charge in [-0.2, -0.15) is 0 Å². The molecule has 2 amide bonds. The number of fused-ring (bicyclic) bond motifs is 1. The van der Waals surface area contributed by atoms with Crippen LogP contribution in [0.1, 0.15) is 40.1 Å². The normalized spacial score (nSPS) is 13.1. The third kappa shape index (κ3) is 2.94. The molecule has 2 radical (unpaired) electrons. The van der Waals surface area contributed by atoms with Gasteiger partial charge in [-0.3, -0.25) is 14.5 Å². The largest absolute Gasteiger partial charge is 0.490 e. The summed E-state index contributed by atoms with van der Waals surface area (Å²) in [5.74, 6) is -1.56. The van der Waals surface area contributed by atoms with Crippen LogP contribution in [0.15, 0.2) is 30.3 Å². The number of nitrogens with zero attached hydrogens (tertiary/aromatic N) is 1. The van der Waals surface area contributed by atoms with Crippen molar-refractivity contribution in [3.05, 3.63) is 52.8 Å². The highest BCUT2D eigenvalue weighted by molar-refractivity contribution is 6.33. The Balaban J connectivity index is 1.99. The van der Waals surface area contributed by atoms with E-state index in [1.165, 1.54) is 6.07 Å². The fourth-order valence-corrected chi connectivity index (χ4v) is 2.91. The van der Waals surface area contributed by atoms with Gasteiger partial charge in [-0.1, -0.05) is 17.6 Å². The van der Waals surface area contributed by atoms with Crippen LogP contribution < -0.4 is 14.9 Å². The van der Waals surface area contributed by atoms with Crippen molar-refractivity contribution in [1.29, 1.82) is 0 Å². The van der Waals surface area contributed by atoms with Gasteiger partial charge in [0.1, 0.15) is 7.85 Å². The number of carbonyl (C=O) groups excluding carboxylic acids is 2. The first-order valence-corrected chi connectivity index (χ1v) is 8.31. The zero-order valence-electron chi connectivity index (χ0n) is 14.5. The molecule has 0 saturated heterocycles. The van der Waals surface area contributed by atoms with E-state index in [1.54, 1.807) is 38.1 Å². The van der Waals surface area contributed by atoms with Crippen LogP contribution in [-0.2, 0) is 6.54 Å². The number of halogens is 1. The molecule has 0 spiro atoms. The molecule has 1 aliphatic heterocycles. The Kier molecular flexibility index (Phi) is 4.98. The second kappa shape index (κ2) is 7.19. The lowest BCUT2D eigenvalue weighted by Gasteiger charge is -2.20. The molecule has 26 heavy (non-hydrogen) atoms. The van der Waals surface area contributed by atoms with Gasteiger partial charge >= 0.3 is 0 Å². The number of imide groups is 1. The number of amides is 2. The molecular formula is C19H17BFNO4. The van der Waals surface area contributed by atoms with Crippen LogP contribution in [0.4, 0.5) is 4.39 Å². The Bertz CT molecular complexity index is 849. The zero-order chi connectivity index (χ0) is 18.8. The maximum Gasteiger partial charge on any atom is 0.261 e. The third-order valence-electron chi connectivity index (χ3n) is 4.11. The SMILES string of the molecule is [B]c1cc(OCC)c(OCC)c(F)c1CN1C(=O)c2ccccc2C1=O. The molecule has 132 valence electrons. The Hall–Kier alpha value is -2.83. The van der Waals surface area contributed by atoms with Crippen molar-refractivity contribution < 1.29 is 23.5 Å². The highest BCUT2D eigenvalue weighted by atomic mass is 19.1. The van der Waals surface area contributed by atoms with Crippen molar-refractivity contribution in [2.24, 2.45) is 0 Å². The van der Waals surface area contributed by atoms with E-state index in [4.69, 9.17) is 17.3 Å². The van der Waals surface area contributed by atoms with Crippen molar-refractivity contribution in [3.8, 4) is 11.5 Å². The molecule has 1 aliphatic rings. The maximum absolute atomic E-state index is 15.0. The summed E-state index contributed by atoms with van der Waals surface area (Å²) in [6.07, 6.45) is 0. The average molecular weight is 353 g/mol. The van der Waals surface area contributed by atoms with Crippen LogP contribution in [0, 0.1) is 5.82 Å². The molecule has 7 heteroatoms. The van der Waals surface area contributed by atoms with Crippen LogP contribution in [-0.4, -0.2) is 37.8 Å². The van der Waals surface area contributed by atoms with E-state index in [9.17, 15) is 9.59 Å². The predicted molar refractivity (Wildman–Crippen MR) is 94.8 cm³/mol. The lowest BCUT2D eigenvalue weighted by molar-refractivity contribution is 0.0641.